The molecular weight excluding hydrogens is 441 g/mol. The van der Waals surface area contributed by atoms with Crippen molar-refractivity contribution < 1.29 is 18.7 Å². The number of nitrogens with zero attached hydrogens (tertiary/aromatic N) is 2. The Bertz CT molecular complexity index is 953. The van der Waals surface area contributed by atoms with E-state index in [1.54, 1.807) is 28.4 Å². The third-order valence-corrected chi connectivity index (χ3v) is 6.31. The smallest absolute Gasteiger partial charge is 0.318 e. The number of fused-ring (bicyclic) bond motifs is 1. The summed E-state index contributed by atoms with van der Waals surface area (Å²) in [6, 6.07) is 7.41. The van der Waals surface area contributed by atoms with Crippen LogP contribution in [0.25, 0.3) is 0 Å². The van der Waals surface area contributed by atoms with E-state index in [0.717, 1.165) is 12.0 Å². The monoisotopic (exact) mass is 475 g/mol. The molecule has 6 nitrogen and oxygen atoms in total. The van der Waals surface area contributed by atoms with Gasteiger partial charge in [-0.05, 0) is 74.4 Å². The summed E-state index contributed by atoms with van der Waals surface area (Å²) in [7, 11) is 0. The Labute approximate surface area is 199 Å². The molecule has 0 bridgehead atoms. The standard InChI is InChI=1S/C25H34FN3O3S/c1-17(2)14-28(24(31)27-25(3,4)5)15-23(30)29-12-10-22-20(11-13-33-22)21(29)16-32-19-8-6-18(26)7-9-19/h6-9,11,13,17,21H,10,12,14-16H2,1-5H3,(H,27,31). The van der Waals surface area contributed by atoms with E-state index in [1.165, 1.54) is 17.0 Å². The predicted octanol–water partition coefficient (Wildman–Crippen LogP) is 4.86. The van der Waals surface area contributed by atoms with E-state index < -0.39 is 5.54 Å². The number of hydrogen-bond acceptors (Lipinski definition) is 4. The minimum absolute atomic E-state index is 0.00656. The van der Waals surface area contributed by atoms with Gasteiger partial charge >= 0.3 is 6.03 Å². The van der Waals surface area contributed by atoms with Crippen molar-refractivity contribution in [2.75, 3.05) is 26.2 Å². The molecule has 1 aliphatic heterocycles. The highest BCUT2D eigenvalue weighted by molar-refractivity contribution is 7.10. The minimum atomic E-state index is -0.391. The summed E-state index contributed by atoms with van der Waals surface area (Å²) in [6.07, 6.45) is 0.782. The molecule has 0 saturated carbocycles. The Morgan fingerprint density at radius 2 is 1.94 bits per heavy atom. The summed E-state index contributed by atoms with van der Waals surface area (Å²) in [5.74, 6) is 0.350. The number of ether oxygens (including phenoxy) is 1. The third kappa shape index (κ3) is 6.93. The maximum atomic E-state index is 13.5. The van der Waals surface area contributed by atoms with E-state index in [9.17, 15) is 14.0 Å². The molecule has 1 aliphatic rings. The van der Waals surface area contributed by atoms with Gasteiger partial charge in [0.25, 0.3) is 0 Å². The number of benzene rings is 1. The number of carbonyl (C=O) groups excluding carboxylic acids is 2. The number of nitrogens with one attached hydrogen (secondary N) is 1. The van der Waals surface area contributed by atoms with Gasteiger partial charge in [0.1, 0.15) is 24.7 Å². The van der Waals surface area contributed by atoms with Crippen LogP contribution in [0.5, 0.6) is 5.75 Å². The maximum Gasteiger partial charge on any atom is 0.318 e. The molecule has 0 saturated heterocycles. The predicted molar refractivity (Wildman–Crippen MR) is 129 cm³/mol. The van der Waals surface area contributed by atoms with Crippen LogP contribution in [-0.2, 0) is 11.2 Å². The van der Waals surface area contributed by atoms with Gasteiger partial charge in [0.15, 0.2) is 0 Å². The van der Waals surface area contributed by atoms with E-state index in [4.69, 9.17) is 4.74 Å². The molecule has 0 aliphatic carbocycles. The summed E-state index contributed by atoms with van der Waals surface area (Å²) in [6.45, 7) is 11.1. The normalized spacial score (nSPS) is 15.8. The molecule has 3 amide bonds. The molecule has 0 spiro atoms. The fourth-order valence-electron chi connectivity index (χ4n) is 3.89. The SMILES string of the molecule is CC(C)CN(CC(=O)N1CCc2sccc2C1COc1ccc(F)cc1)C(=O)NC(C)(C)C. The van der Waals surface area contributed by atoms with Crippen LogP contribution in [0.1, 0.15) is 51.1 Å². The van der Waals surface area contributed by atoms with Gasteiger partial charge in [-0.2, -0.15) is 0 Å². The number of amides is 3. The zero-order chi connectivity index (χ0) is 24.2. The second-order valence-electron chi connectivity index (χ2n) is 9.87. The number of hydrogen-bond donors (Lipinski definition) is 1. The topological polar surface area (TPSA) is 61.9 Å². The quantitative estimate of drug-likeness (QED) is 0.622. The van der Waals surface area contributed by atoms with Crippen LogP contribution < -0.4 is 10.1 Å². The first-order valence-electron chi connectivity index (χ1n) is 11.3. The van der Waals surface area contributed by atoms with Crippen molar-refractivity contribution in [3.63, 3.8) is 0 Å². The van der Waals surface area contributed by atoms with Crippen molar-refractivity contribution >= 4 is 23.3 Å². The van der Waals surface area contributed by atoms with Gasteiger partial charge in [0.05, 0.1) is 6.04 Å². The summed E-state index contributed by atoms with van der Waals surface area (Å²) in [5.41, 5.74) is 0.689. The Kier molecular flexibility index (Phi) is 8.00. The highest BCUT2D eigenvalue weighted by atomic mass is 32.1. The van der Waals surface area contributed by atoms with E-state index in [0.29, 0.717) is 18.8 Å². The second-order valence-corrected chi connectivity index (χ2v) is 10.9. The van der Waals surface area contributed by atoms with Crippen LogP contribution in [0.4, 0.5) is 9.18 Å². The fraction of sp³-hybridized carbons (Fsp3) is 0.520. The van der Waals surface area contributed by atoms with Gasteiger partial charge in [-0.1, -0.05) is 13.8 Å². The first kappa shape index (κ1) is 25.0. The minimum Gasteiger partial charge on any atom is -0.491 e. The molecule has 33 heavy (non-hydrogen) atoms. The van der Waals surface area contributed by atoms with Gasteiger partial charge in [0, 0.05) is 23.5 Å². The van der Waals surface area contributed by atoms with Gasteiger partial charge in [0.2, 0.25) is 5.91 Å². The van der Waals surface area contributed by atoms with Crippen LogP contribution in [0.3, 0.4) is 0 Å². The van der Waals surface area contributed by atoms with E-state index >= 15 is 0 Å². The lowest BCUT2D eigenvalue weighted by atomic mass is 10.0. The number of thiophene rings is 1. The van der Waals surface area contributed by atoms with Crippen LogP contribution in [0.15, 0.2) is 35.7 Å². The summed E-state index contributed by atoms with van der Waals surface area (Å²) < 4.78 is 19.2. The third-order valence-electron chi connectivity index (χ3n) is 5.32. The Morgan fingerprint density at radius 3 is 2.58 bits per heavy atom. The number of carbonyl (C=O) groups is 2. The first-order chi connectivity index (χ1) is 15.5. The van der Waals surface area contributed by atoms with E-state index in [-0.39, 0.29) is 42.9 Å². The fourth-order valence-corrected chi connectivity index (χ4v) is 4.82. The van der Waals surface area contributed by atoms with Crippen molar-refractivity contribution in [2.45, 2.75) is 52.6 Å². The van der Waals surface area contributed by atoms with E-state index in [1.807, 2.05) is 51.0 Å². The molecule has 2 aromatic rings. The number of urea groups is 1. The number of halogens is 1. The van der Waals surface area contributed by atoms with E-state index in [2.05, 4.69) is 5.32 Å². The lowest BCUT2D eigenvalue weighted by molar-refractivity contribution is -0.135. The first-order valence-corrected chi connectivity index (χ1v) is 12.2. The van der Waals surface area contributed by atoms with Crippen molar-refractivity contribution in [3.05, 3.63) is 52.0 Å². The van der Waals surface area contributed by atoms with Crippen LogP contribution in [0.2, 0.25) is 0 Å². The summed E-state index contributed by atoms with van der Waals surface area (Å²) in [5, 5.41) is 5.00. The zero-order valence-corrected chi connectivity index (χ0v) is 20.9. The highest BCUT2D eigenvalue weighted by Gasteiger charge is 2.34. The van der Waals surface area contributed by atoms with Crippen molar-refractivity contribution in [2.24, 2.45) is 5.92 Å². The van der Waals surface area contributed by atoms with Crippen molar-refractivity contribution in [3.8, 4) is 5.75 Å². The zero-order valence-electron chi connectivity index (χ0n) is 20.1. The molecule has 8 heteroatoms. The molecule has 0 radical (unpaired) electrons. The lowest BCUT2D eigenvalue weighted by Crippen LogP contribution is -2.53. The van der Waals surface area contributed by atoms with Gasteiger partial charge in [-0.15, -0.1) is 11.3 Å². The molecule has 2 heterocycles. The van der Waals surface area contributed by atoms with Gasteiger partial charge in [-0.25, -0.2) is 9.18 Å². The molecule has 3 rings (SSSR count). The average Bonchev–Trinajstić information content (AvgIpc) is 3.20. The van der Waals surface area contributed by atoms with Crippen LogP contribution in [0, 0.1) is 11.7 Å². The molecule has 0 fully saturated rings. The van der Waals surface area contributed by atoms with Crippen molar-refractivity contribution in [1.29, 1.82) is 0 Å². The average molecular weight is 476 g/mol. The molecule has 1 unspecified atom stereocenters. The van der Waals surface area contributed by atoms with Gasteiger partial charge in [-0.3, -0.25) is 4.79 Å². The lowest BCUT2D eigenvalue weighted by Gasteiger charge is -2.37. The Morgan fingerprint density at radius 1 is 1.24 bits per heavy atom. The number of rotatable bonds is 7. The van der Waals surface area contributed by atoms with Gasteiger partial charge < -0.3 is 19.9 Å². The Balaban J connectivity index is 1.76. The Hall–Kier alpha value is -2.61. The van der Waals surface area contributed by atoms with Crippen LogP contribution in [-0.4, -0.2) is 53.5 Å². The highest BCUT2D eigenvalue weighted by Crippen LogP contribution is 2.34. The molecule has 1 aromatic heterocycles. The molecular formula is C25H34FN3O3S. The van der Waals surface area contributed by atoms with Crippen LogP contribution >= 0.6 is 11.3 Å². The molecule has 1 aromatic carbocycles. The molecule has 180 valence electrons. The molecule has 1 N–H and O–H groups in total. The molecule has 1 atom stereocenters. The second kappa shape index (κ2) is 10.5. The largest absolute Gasteiger partial charge is 0.491 e. The maximum absolute atomic E-state index is 13.5. The van der Waals surface area contributed by atoms with Crippen molar-refractivity contribution in [1.82, 2.24) is 15.1 Å². The summed E-state index contributed by atoms with van der Waals surface area (Å²) >= 11 is 1.68. The summed E-state index contributed by atoms with van der Waals surface area (Å²) in [4.78, 5) is 31.0.